The highest BCUT2D eigenvalue weighted by atomic mass is 32.1. The maximum atomic E-state index is 12.2. The molecular formula is C19H23N3O2S. The summed E-state index contributed by atoms with van der Waals surface area (Å²) in [6.07, 6.45) is 3.83. The van der Waals surface area contributed by atoms with Gasteiger partial charge < -0.3 is 15.5 Å². The molecule has 2 heterocycles. The summed E-state index contributed by atoms with van der Waals surface area (Å²) >= 11 is 1.40. The number of rotatable bonds is 6. The van der Waals surface area contributed by atoms with Crippen LogP contribution in [0.4, 0.5) is 5.69 Å². The second kappa shape index (κ2) is 8.78. The second-order valence-electron chi connectivity index (χ2n) is 6.17. The van der Waals surface area contributed by atoms with Crippen molar-refractivity contribution in [3.63, 3.8) is 0 Å². The number of anilines is 1. The first-order valence-electron chi connectivity index (χ1n) is 8.68. The second-order valence-corrected chi connectivity index (χ2v) is 7.11. The first kappa shape index (κ1) is 17.6. The smallest absolute Gasteiger partial charge is 0.265 e. The highest BCUT2D eigenvalue weighted by Gasteiger charge is 2.11. The van der Waals surface area contributed by atoms with Crippen LogP contribution in [0.15, 0.2) is 41.8 Å². The van der Waals surface area contributed by atoms with Crippen LogP contribution < -0.4 is 10.6 Å². The molecule has 0 saturated carbocycles. The molecule has 3 rings (SSSR count). The van der Waals surface area contributed by atoms with Crippen LogP contribution in [0.1, 0.15) is 39.3 Å². The molecule has 0 atom stereocenters. The molecule has 5 nitrogen and oxygen atoms in total. The Balaban J connectivity index is 1.46. The molecule has 2 N–H and O–H groups in total. The molecule has 1 aromatic carbocycles. The summed E-state index contributed by atoms with van der Waals surface area (Å²) in [7, 11) is 0. The molecule has 25 heavy (non-hydrogen) atoms. The minimum Gasteiger partial charge on any atom is -0.351 e. The molecule has 1 aromatic heterocycles. The minimum atomic E-state index is -0.131. The molecule has 0 radical (unpaired) electrons. The molecule has 132 valence electrons. The topological polar surface area (TPSA) is 61.4 Å². The van der Waals surface area contributed by atoms with Crippen LogP contribution in [0.3, 0.4) is 0 Å². The van der Waals surface area contributed by atoms with Crippen molar-refractivity contribution in [1.29, 1.82) is 0 Å². The number of carbonyl (C=O) groups excluding carboxylic acids is 2. The van der Waals surface area contributed by atoms with Crippen molar-refractivity contribution in [3.8, 4) is 0 Å². The Morgan fingerprint density at radius 3 is 2.44 bits per heavy atom. The molecule has 0 bridgehead atoms. The first-order valence-corrected chi connectivity index (χ1v) is 9.56. The molecule has 0 spiro atoms. The quantitative estimate of drug-likeness (QED) is 0.834. The maximum absolute atomic E-state index is 12.2. The lowest BCUT2D eigenvalue weighted by Crippen LogP contribution is -2.37. The minimum absolute atomic E-state index is 0.0758. The third-order valence-electron chi connectivity index (χ3n) is 4.31. The molecule has 2 amide bonds. The van der Waals surface area contributed by atoms with Crippen LogP contribution in [0.5, 0.6) is 0 Å². The largest absolute Gasteiger partial charge is 0.351 e. The number of amides is 2. The van der Waals surface area contributed by atoms with Gasteiger partial charge in [0.05, 0.1) is 4.88 Å². The predicted molar refractivity (Wildman–Crippen MR) is 101 cm³/mol. The van der Waals surface area contributed by atoms with Crippen molar-refractivity contribution in [2.45, 2.75) is 19.3 Å². The van der Waals surface area contributed by atoms with E-state index in [0.29, 0.717) is 22.7 Å². The summed E-state index contributed by atoms with van der Waals surface area (Å²) in [5.74, 6) is -0.207. The van der Waals surface area contributed by atoms with Gasteiger partial charge >= 0.3 is 0 Å². The molecule has 0 aliphatic carbocycles. The number of carbonyl (C=O) groups is 2. The van der Waals surface area contributed by atoms with E-state index in [4.69, 9.17) is 0 Å². The zero-order valence-corrected chi connectivity index (χ0v) is 15.0. The number of thiophene rings is 1. The monoisotopic (exact) mass is 357 g/mol. The van der Waals surface area contributed by atoms with E-state index in [9.17, 15) is 9.59 Å². The van der Waals surface area contributed by atoms with Crippen molar-refractivity contribution in [2.75, 3.05) is 31.5 Å². The molecule has 2 aromatic rings. The van der Waals surface area contributed by atoms with Crippen molar-refractivity contribution < 1.29 is 9.59 Å². The summed E-state index contributed by atoms with van der Waals surface area (Å²) in [6.45, 7) is 3.83. The van der Waals surface area contributed by atoms with Gasteiger partial charge in [-0.1, -0.05) is 12.5 Å². The standard InChI is InChI=1S/C19H23N3O2S/c23-18(20-10-13-22-11-2-1-3-12-22)15-6-8-16(9-7-15)21-19(24)17-5-4-14-25-17/h4-9,14H,1-3,10-13H2,(H,20,23)(H,21,24). The fraction of sp³-hybridized carbons (Fsp3) is 0.368. The Hall–Kier alpha value is -2.18. The van der Waals surface area contributed by atoms with Gasteiger partial charge in [-0.15, -0.1) is 11.3 Å². The van der Waals surface area contributed by atoms with Gasteiger partial charge in [-0.25, -0.2) is 0 Å². The molecule has 1 fully saturated rings. The van der Waals surface area contributed by atoms with Crippen LogP contribution in [0.25, 0.3) is 0 Å². The number of hydrogen-bond acceptors (Lipinski definition) is 4. The highest BCUT2D eigenvalue weighted by molar-refractivity contribution is 7.12. The number of piperidine rings is 1. The van der Waals surface area contributed by atoms with E-state index in [1.165, 1.54) is 30.6 Å². The average molecular weight is 357 g/mol. The van der Waals surface area contributed by atoms with Crippen LogP contribution in [0, 0.1) is 0 Å². The number of likely N-dealkylation sites (tertiary alicyclic amines) is 1. The fourth-order valence-corrected chi connectivity index (χ4v) is 3.54. The van der Waals surface area contributed by atoms with Gasteiger partial charge in [0.1, 0.15) is 0 Å². The van der Waals surface area contributed by atoms with Gasteiger partial charge in [0, 0.05) is 24.3 Å². The molecular weight excluding hydrogens is 334 g/mol. The van der Waals surface area contributed by atoms with Crippen LogP contribution >= 0.6 is 11.3 Å². The van der Waals surface area contributed by atoms with Crippen molar-refractivity contribution in [3.05, 3.63) is 52.2 Å². The van der Waals surface area contributed by atoms with Gasteiger partial charge in [-0.2, -0.15) is 0 Å². The van der Waals surface area contributed by atoms with Crippen LogP contribution in [-0.4, -0.2) is 42.9 Å². The lowest BCUT2D eigenvalue weighted by Gasteiger charge is -2.26. The Bertz CT molecular complexity index is 692. The Morgan fingerprint density at radius 1 is 1.00 bits per heavy atom. The summed E-state index contributed by atoms with van der Waals surface area (Å²) in [4.78, 5) is 27.3. The van der Waals surface area contributed by atoms with Crippen LogP contribution in [-0.2, 0) is 0 Å². The molecule has 1 saturated heterocycles. The Morgan fingerprint density at radius 2 is 1.76 bits per heavy atom. The lowest BCUT2D eigenvalue weighted by molar-refractivity contribution is 0.0946. The zero-order chi connectivity index (χ0) is 17.5. The van der Waals surface area contributed by atoms with Gasteiger partial charge in [0.2, 0.25) is 0 Å². The van der Waals surface area contributed by atoms with E-state index in [-0.39, 0.29) is 11.8 Å². The van der Waals surface area contributed by atoms with E-state index in [2.05, 4.69) is 15.5 Å². The summed E-state index contributed by atoms with van der Waals surface area (Å²) in [5, 5.41) is 7.66. The fourth-order valence-electron chi connectivity index (χ4n) is 2.92. The van der Waals surface area contributed by atoms with Crippen molar-refractivity contribution >= 4 is 28.8 Å². The van der Waals surface area contributed by atoms with Crippen LogP contribution in [0.2, 0.25) is 0 Å². The third-order valence-corrected chi connectivity index (χ3v) is 5.18. The van der Waals surface area contributed by atoms with E-state index < -0.39 is 0 Å². The Labute approximate surface area is 152 Å². The normalized spacial score (nSPS) is 14.9. The van der Waals surface area contributed by atoms with Crippen molar-refractivity contribution in [1.82, 2.24) is 10.2 Å². The predicted octanol–water partition coefficient (Wildman–Crippen LogP) is 3.22. The number of nitrogens with zero attached hydrogens (tertiary/aromatic N) is 1. The summed E-state index contributed by atoms with van der Waals surface area (Å²) in [6, 6.07) is 10.6. The maximum Gasteiger partial charge on any atom is 0.265 e. The highest BCUT2D eigenvalue weighted by Crippen LogP contribution is 2.14. The number of hydrogen-bond donors (Lipinski definition) is 2. The summed E-state index contributed by atoms with van der Waals surface area (Å²) in [5.41, 5.74) is 1.29. The lowest BCUT2D eigenvalue weighted by atomic mass is 10.1. The first-order chi connectivity index (χ1) is 12.2. The van der Waals surface area contributed by atoms with Gasteiger partial charge in [0.15, 0.2) is 0 Å². The van der Waals surface area contributed by atoms with E-state index >= 15 is 0 Å². The van der Waals surface area contributed by atoms with Crippen molar-refractivity contribution in [2.24, 2.45) is 0 Å². The molecule has 1 aliphatic rings. The zero-order valence-electron chi connectivity index (χ0n) is 14.2. The van der Waals surface area contributed by atoms with Gasteiger partial charge in [-0.05, 0) is 61.6 Å². The number of benzene rings is 1. The molecule has 1 aliphatic heterocycles. The van der Waals surface area contributed by atoms with E-state index in [1.807, 2.05) is 11.4 Å². The molecule has 6 heteroatoms. The average Bonchev–Trinajstić information content (AvgIpc) is 3.18. The molecule has 0 unspecified atom stereocenters. The van der Waals surface area contributed by atoms with E-state index in [0.717, 1.165) is 19.6 Å². The van der Waals surface area contributed by atoms with Gasteiger partial charge in [-0.3, -0.25) is 9.59 Å². The Kier molecular flexibility index (Phi) is 6.19. The van der Waals surface area contributed by atoms with Gasteiger partial charge in [0.25, 0.3) is 11.8 Å². The summed E-state index contributed by atoms with van der Waals surface area (Å²) < 4.78 is 0. The SMILES string of the molecule is O=C(NCCN1CCCCC1)c1ccc(NC(=O)c2cccs2)cc1. The third kappa shape index (κ3) is 5.14. The van der Waals surface area contributed by atoms with E-state index in [1.54, 1.807) is 30.3 Å². The number of nitrogens with one attached hydrogen (secondary N) is 2.